The lowest BCUT2D eigenvalue weighted by Crippen LogP contribution is -2.44. The average Bonchev–Trinajstić information content (AvgIpc) is 2.67. The first-order chi connectivity index (χ1) is 13.2. The van der Waals surface area contributed by atoms with Crippen LogP contribution < -0.4 is 15.4 Å². The van der Waals surface area contributed by atoms with Crippen molar-refractivity contribution < 1.29 is 13.9 Å². The molecular formula is C22H30FN3O2. The van der Waals surface area contributed by atoms with Crippen LogP contribution in [-0.4, -0.2) is 45.2 Å². The van der Waals surface area contributed by atoms with Gasteiger partial charge < -0.3 is 20.3 Å². The average molecular weight is 387 g/mol. The smallest absolute Gasteiger partial charge is 0.314 e. The van der Waals surface area contributed by atoms with Crippen LogP contribution in [0.2, 0.25) is 0 Å². The van der Waals surface area contributed by atoms with Gasteiger partial charge in [0.05, 0.1) is 13.2 Å². The zero-order chi connectivity index (χ0) is 20.7. The maximum Gasteiger partial charge on any atom is 0.314 e. The fourth-order valence-electron chi connectivity index (χ4n) is 3.07. The van der Waals surface area contributed by atoms with Crippen molar-refractivity contribution in [2.45, 2.75) is 25.3 Å². The summed E-state index contributed by atoms with van der Waals surface area (Å²) in [5.74, 6) is 0.525. The van der Waals surface area contributed by atoms with E-state index < -0.39 is 0 Å². The fourth-order valence-corrected chi connectivity index (χ4v) is 3.07. The SMILES string of the molecule is COc1ccccc1C(CNC(=O)NCC(C)(C)c1ccc(F)cc1)N(C)C. The number of nitrogens with zero attached hydrogens (tertiary/aromatic N) is 1. The number of methoxy groups -OCH3 is 1. The molecule has 0 aromatic heterocycles. The van der Waals surface area contributed by atoms with Crippen LogP contribution in [0.4, 0.5) is 9.18 Å². The van der Waals surface area contributed by atoms with Crippen molar-refractivity contribution in [3.63, 3.8) is 0 Å². The molecule has 0 aliphatic rings. The number of hydrogen-bond acceptors (Lipinski definition) is 3. The molecule has 0 bridgehead atoms. The molecule has 1 unspecified atom stereocenters. The highest BCUT2D eigenvalue weighted by atomic mass is 19.1. The van der Waals surface area contributed by atoms with Crippen molar-refractivity contribution in [3.05, 3.63) is 65.5 Å². The molecule has 152 valence electrons. The Hall–Kier alpha value is -2.60. The van der Waals surface area contributed by atoms with E-state index in [1.165, 1.54) is 12.1 Å². The van der Waals surface area contributed by atoms with Crippen LogP contribution in [0.5, 0.6) is 5.75 Å². The van der Waals surface area contributed by atoms with Gasteiger partial charge in [-0.1, -0.05) is 44.2 Å². The summed E-state index contributed by atoms with van der Waals surface area (Å²) in [5, 5.41) is 5.86. The Morgan fingerprint density at radius 1 is 1.11 bits per heavy atom. The first kappa shape index (κ1) is 21.7. The lowest BCUT2D eigenvalue weighted by atomic mass is 9.84. The van der Waals surface area contributed by atoms with Gasteiger partial charge in [-0.05, 0) is 37.9 Å². The van der Waals surface area contributed by atoms with Gasteiger partial charge in [-0.25, -0.2) is 9.18 Å². The molecule has 2 aromatic carbocycles. The van der Waals surface area contributed by atoms with Crippen LogP contribution in [-0.2, 0) is 5.41 Å². The van der Waals surface area contributed by atoms with Gasteiger partial charge in [0.25, 0.3) is 0 Å². The number of carbonyl (C=O) groups is 1. The number of ether oxygens (including phenoxy) is 1. The van der Waals surface area contributed by atoms with E-state index in [2.05, 4.69) is 10.6 Å². The van der Waals surface area contributed by atoms with Gasteiger partial charge in [0.15, 0.2) is 0 Å². The highest BCUT2D eigenvalue weighted by Crippen LogP contribution is 2.27. The normalized spacial score (nSPS) is 12.5. The third-order valence-electron chi connectivity index (χ3n) is 4.89. The minimum absolute atomic E-state index is 0.0213. The molecule has 5 nitrogen and oxygen atoms in total. The molecule has 1 atom stereocenters. The number of carbonyl (C=O) groups excluding carboxylic acids is 1. The number of rotatable bonds is 8. The van der Waals surface area contributed by atoms with Gasteiger partial charge in [0.2, 0.25) is 0 Å². The van der Waals surface area contributed by atoms with Gasteiger partial charge in [-0.2, -0.15) is 0 Å². The molecule has 0 aliphatic carbocycles. The van der Waals surface area contributed by atoms with E-state index in [9.17, 15) is 9.18 Å². The molecule has 2 aromatic rings. The quantitative estimate of drug-likeness (QED) is 0.726. The highest BCUT2D eigenvalue weighted by molar-refractivity contribution is 5.74. The summed E-state index contributed by atoms with van der Waals surface area (Å²) in [6.07, 6.45) is 0. The molecule has 0 radical (unpaired) electrons. The van der Waals surface area contributed by atoms with E-state index in [0.29, 0.717) is 13.1 Å². The van der Waals surface area contributed by atoms with Crippen LogP contribution >= 0.6 is 0 Å². The molecule has 6 heteroatoms. The number of likely N-dealkylation sites (N-methyl/N-ethyl adjacent to an activating group) is 1. The van der Waals surface area contributed by atoms with Gasteiger partial charge in [0, 0.05) is 24.1 Å². The summed E-state index contributed by atoms with van der Waals surface area (Å²) in [6.45, 7) is 4.90. The standard InChI is InChI=1S/C22H30FN3O2/c1-22(2,16-10-12-17(23)13-11-16)15-25-21(27)24-14-19(26(3)4)18-8-6-7-9-20(18)28-5/h6-13,19H,14-15H2,1-5H3,(H2,24,25,27). The largest absolute Gasteiger partial charge is 0.496 e. The number of para-hydroxylation sites is 1. The highest BCUT2D eigenvalue weighted by Gasteiger charge is 2.23. The van der Waals surface area contributed by atoms with E-state index in [1.807, 2.05) is 57.1 Å². The third-order valence-corrected chi connectivity index (χ3v) is 4.89. The summed E-state index contributed by atoms with van der Waals surface area (Å²) in [5.41, 5.74) is 1.67. The molecule has 0 saturated carbocycles. The second-order valence-corrected chi connectivity index (χ2v) is 7.68. The first-order valence-corrected chi connectivity index (χ1v) is 9.31. The van der Waals surface area contributed by atoms with Crippen molar-refractivity contribution in [2.24, 2.45) is 0 Å². The molecular weight excluding hydrogens is 357 g/mol. The van der Waals surface area contributed by atoms with Crippen LogP contribution in [0, 0.1) is 5.82 Å². The van der Waals surface area contributed by atoms with Gasteiger partial charge in [-0.15, -0.1) is 0 Å². The molecule has 2 N–H and O–H groups in total. The van der Waals surface area contributed by atoms with Crippen molar-refractivity contribution in [2.75, 3.05) is 34.3 Å². The Labute approximate surface area is 166 Å². The third kappa shape index (κ3) is 5.70. The monoisotopic (exact) mass is 387 g/mol. The van der Waals surface area contributed by atoms with E-state index in [1.54, 1.807) is 19.2 Å². The van der Waals surface area contributed by atoms with Crippen molar-refractivity contribution in [1.82, 2.24) is 15.5 Å². The maximum absolute atomic E-state index is 13.1. The second kappa shape index (κ2) is 9.55. The minimum Gasteiger partial charge on any atom is -0.496 e. The Balaban J connectivity index is 1.95. The number of urea groups is 1. The second-order valence-electron chi connectivity index (χ2n) is 7.68. The van der Waals surface area contributed by atoms with Crippen molar-refractivity contribution in [3.8, 4) is 5.75 Å². The van der Waals surface area contributed by atoms with E-state index in [0.717, 1.165) is 16.9 Å². The molecule has 0 spiro atoms. The molecule has 28 heavy (non-hydrogen) atoms. The fraction of sp³-hybridized carbons (Fsp3) is 0.409. The molecule has 2 rings (SSSR count). The van der Waals surface area contributed by atoms with Gasteiger partial charge in [-0.3, -0.25) is 0 Å². The van der Waals surface area contributed by atoms with E-state index in [-0.39, 0.29) is 23.3 Å². The molecule has 0 heterocycles. The lowest BCUT2D eigenvalue weighted by molar-refractivity contribution is 0.229. The summed E-state index contributed by atoms with van der Waals surface area (Å²) >= 11 is 0. The predicted molar refractivity (Wildman–Crippen MR) is 110 cm³/mol. The van der Waals surface area contributed by atoms with E-state index in [4.69, 9.17) is 4.74 Å². The maximum atomic E-state index is 13.1. The van der Waals surface area contributed by atoms with Gasteiger partial charge in [0.1, 0.15) is 11.6 Å². The van der Waals surface area contributed by atoms with E-state index >= 15 is 0 Å². The Morgan fingerprint density at radius 3 is 2.36 bits per heavy atom. The number of halogens is 1. The van der Waals surface area contributed by atoms with Crippen LogP contribution in [0.25, 0.3) is 0 Å². The summed E-state index contributed by atoms with van der Waals surface area (Å²) < 4.78 is 18.6. The lowest BCUT2D eigenvalue weighted by Gasteiger charge is -2.28. The number of amides is 2. The van der Waals surface area contributed by atoms with Gasteiger partial charge >= 0.3 is 6.03 Å². The number of nitrogens with one attached hydrogen (secondary N) is 2. The Bertz CT molecular complexity index is 776. The number of hydrogen-bond donors (Lipinski definition) is 2. The number of benzene rings is 2. The Morgan fingerprint density at radius 2 is 1.75 bits per heavy atom. The van der Waals surface area contributed by atoms with Crippen LogP contribution in [0.3, 0.4) is 0 Å². The summed E-state index contributed by atoms with van der Waals surface area (Å²) in [4.78, 5) is 14.4. The van der Waals surface area contributed by atoms with Crippen molar-refractivity contribution in [1.29, 1.82) is 0 Å². The molecule has 0 aliphatic heterocycles. The van der Waals surface area contributed by atoms with Crippen LogP contribution in [0.15, 0.2) is 48.5 Å². The van der Waals surface area contributed by atoms with Crippen LogP contribution in [0.1, 0.15) is 31.0 Å². The Kier molecular flexibility index (Phi) is 7.40. The predicted octanol–water partition coefficient (Wildman–Crippen LogP) is 3.71. The topological polar surface area (TPSA) is 53.6 Å². The summed E-state index contributed by atoms with van der Waals surface area (Å²) in [6, 6.07) is 13.9. The zero-order valence-corrected chi connectivity index (χ0v) is 17.3. The molecule has 2 amide bonds. The first-order valence-electron chi connectivity index (χ1n) is 9.31. The minimum atomic E-state index is -0.311. The molecule has 0 saturated heterocycles. The van der Waals surface area contributed by atoms with Crippen molar-refractivity contribution >= 4 is 6.03 Å². The summed E-state index contributed by atoms with van der Waals surface area (Å²) in [7, 11) is 5.58. The zero-order valence-electron chi connectivity index (χ0n) is 17.3. The molecule has 0 fully saturated rings.